The summed E-state index contributed by atoms with van der Waals surface area (Å²) in [6, 6.07) is 11.4. The second-order valence-corrected chi connectivity index (χ2v) is 9.04. The van der Waals surface area contributed by atoms with Gasteiger partial charge in [0.05, 0.1) is 20.3 Å². The predicted molar refractivity (Wildman–Crippen MR) is 110 cm³/mol. The van der Waals surface area contributed by atoms with Gasteiger partial charge in [0.15, 0.2) is 0 Å². The fraction of sp³-hybridized carbons (Fsp3) is 0.450. The zero-order chi connectivity index (χ0) is 20.3. The van der Waals surface area contributed by atoms with Crippen LogP contribution in [-0.4, -0.2) is 72.3 Å². The molecule has 0 unspecified atom stereocenters. The third-order valence-electron chi connectivity index (χ3n) is 5.43. The van der Waals surface area contributed by atoms with E-state index in [1.54, 1.807) is 23.7 Å². The average Bonchev–Trinajstić information content (AvgIpc) is 2.80. The molecule has 0 atom stereocenters. The molecule has 1 N–H and O–H groups in total. The maximum absolute atomic E-state index is 13.0. The lowest BCUT2D eigenvalue weighted by Crippen LogP contribution is -2.48. The van der Waals surface area contributed by atoms with Crippen LogP contribution in [0, 0.1) is 0 Å². The van der Waals surface area contributed by atoms with Crippen molar-refractivity contribution in [3.05, 3.63) is 42.6 Å². The molecule has 2 saturated heterocycles. The maximum Gasteiger partial charge on any atom is 0.274 e. The van der Waals surface area contributed by atoms with Gasteiger partial charge in [-0.2, -0.15) is 4.31 Å². The van der Waals surface area contributed by atoms with Crippen molar-refractivity contribution in [1.82, 2.24) is 4.31 Å². The highest BCUT2D eigenvalue weighted by molar-refractivity contribution is 7.89. The van der Waals surface area contributed by atoms with Crippen molar-refractivity contribution in [3.63, 3.8) is 0 Å². The van der Waals surface area contributed by atoms with E-state index < -0.39 is 10.0 Å². The van der Waals surface area contributed by atoms with Gasteiger partial charge in [0.1, 0.15) is 29.9 Å². The molecule has 2 aromatic rings. The quantitative estimate of drug-likeness (QED) is 0.716. The molecule has 0 radical (unpaired) electrons. The first-order valence-corrected chi connectivity index (χ1v) is 11.3. The predicted octanol–water partition coefficient (Wildman–Crippen LogP) is 0.857. The number of aromatic nitrogens is 1. The fourth-order valence-electron chi connectivity index (χ4n) is 3.69. The number of methoxy groups -OCH3 is 1. The number of hydrogen-bond donors (Lipinski definition) is 0. The second kappa shape index (κ2) is 8.56. The van der Waals surface area contributed by atoms with E-state index in [2.05, 4.69) is 14.8 Å². The molecular formula is C20H27N4O4S+. The summed E-state index contributed by atoms with van der Waals surface area (Å²) in [6.07, 6.45) is 1.59. The number of nitrogens with one attached hydrogen (secondary N) is 1. The highest BCUT2D eigenvalue weighted by atomic mass is 32.2. The number of anilines is 2. The Morgan fingerprint density at radius 3 is 2.17 bits per heavy atom. The first kappa shape index (κ1) is 19.9. The first-order chi connectivity index (χ1) is 14.1. The Labute approximate surface area is 171 Å². The van der Waals surface area contributed by atoms with Gasteiger partial charge in [-0.1, -0.05) is 0 Å². The van der Waals surface area contributed by atoms with Crippen LogP contribution in [0.4, 0.5) is 11.5 Å². The smallest absolute Gasteiger partial charge is 0.274 e. The van der Waals surface area contributed by atoms with E-state index in [9.17, 15) is 8.42 Å². The van der Waals surface area contributed by atoms with Crippen LogP contribution in [0.15, 0.2) is 47.5 Å². The van der Waals surface area contributed by atoms with Crippen LogP contribution < -0.4 is 19.5 Å². The summed E-state index contributed by atoms with van der Waals surface area (Å²) in [5, 5.41) is 0. The minimum absolute atomic E-state index is 0.299. The molecule has 29 heavy (non-hydrogen) atoms. The molecule has 3 heterocycles. The van der Waals surface area contributed by atoms with Crippen LogP contribution in [0.5, 0.6) is 5.75 Å². The van der Waals surface area contributed by atoms with Crippen molar-refractivity contribution < 1.29 is 22.9 Å². The van der Waals surface area contributed by atoms with Crippen molar-refractivity contribution in [2.75, 3.05) is 69.4 Å². The normalized spacial score (nSPS) is 18.7. The van der Waals surface area contributed by atoms with Gasteiger partial charge in [-0.25, -0.2) is 13.4 Å². The number of pyridine rings is 1. The Hall–Kier alpha value is -2.36. The second-order valence-electron chi connectivity index (χ2n) is 7.10. The van der Waals surface area contributed by atoms with Gasteiger partial charge in [0, 0.05) is 37.9 Å². The molecular weight excluding hydrogens is 392 g/mol. The minimum atomic E-state index is -3.51. The summed E-state index contributed by atoms with van der Waals surface area (Å²) < 4.78 is 38.2. The van der Waals surface area contributed by atoms with Gasteiger partial charge in [0.25, 0.3) is 5.82 Å². The lowest BCUT2D eigenvalue weighted by atomic mass is 10.2. The average molecular weight is 420 g/mol. The molecule has 0 aliphatic carbocycles. The Kier molecular flexibility index (Phi) is 5.89. The third kappa shape index (κ3) is 4.31. The molecule has 0 saturated carbocycles. The van der Waals surface area contributed by atoms with Gasteiger partial charge < -0.3 is 14.4 Å². The number of morpholine rings is 1. The van der Waals surface area contributed by atoms with Crippen LogP contribution in [0.1, 0.15) is 0 Å². The topological polar surface area (TPSA) is 76.5 Å². The summed E-state index contributed by atoms with van der Waals surface area (Å²) in [7, 11) is -1.87. The standard InChI is InChI=1S/C20H26N4O4S/c1-27-18-4-2-17(3-5-18)22-8-10-24(11-9-22)29(25,26)19-6-7-20(21-16-19)23-12-14-28-15-13-23/h2-7,16H,8-15H2,1H3/p+1. The summed E-state index contributed by atoms with van der Waals surface area (Å²) in [5.74, 6) is 1.73. The number of hydrogen-bond acceptors (Lipinski definition) is 6. The van der Waals surface area contributed by atoms with E-state index in [0.29, 0.717) is 44.3 Å². The maximum atomic E-state index is 13.0. The van der Waals surface area contributed by atoms with E-state index in [0.717, 1.165) is 30.3 Å². The molecule has 9 heteroatoms. The lowest BCUT2D eigenvalue weighted by Gasteiger charge is -2.35. The van der Waals surface area contributed by atoms with Gasteiger partial charge in [-0.15, -0.1) is 0 Å². The minimum Gasteiger partial charge on any atom is -0.497 e. The molecule has 8 nitrogen and oxygen atoms in total. The van der Waals surface area contributed by atoms with Crippen molar-refractivity contribution in [2.24, 2.45) is 0 Å². The largest absolute Gasteiger partial charge is 0.497 e. The number of piperazine rings is 1. The Bertz CT molecular complexity index is 905. The van der Waals surface area contributed by atoms with Crippen LogP contribution in [0.2, 0.25) is 0 Å². The Morgan fingerprint density at radius 2 is 1.59 bits per heavy atom. The summed E-state index contributed by atoms with van der Waals surface area (Å²) in [5.41, 5.74) is 1.08. The number of benzene rings is 1. The number of sulfonamides is 1. The summed E-state index contributed by atoms with van der Waals surface area (Å²) in [6.45, 7) is 5.20. The molecule has 4 rings (SSSR count). The number of rotatable bonds is 5. The van der Waals surface area contributed by atoms with Gasteiger partial charge >= 0.3 is 0 Å². The molecule has 156 valence electrons. The van der Waals surface area contributed by atoms with E-state index in [4.69, 9.17) is 9.47 Å². The van der Waals surface area contributed by atoms with Gasteiger partial charge in [-0.05, 0) is 30.3 Å². The Morgan fingerprint density at radius 1 is 0.897 bits per heavy atom. The molecule has 2 aliphatic rings. The van der Waals surface area contributed by atoms with Gasteiger partial charge in [-0.3, -0.25) is 4.90 Å². The fourth-order valence-corrected chi connectivity index (χ4v) is 5.08. The van der Waals surface area contributed by atoms with Crippen molar-refractivity contribution in [1.29, 1.82) is 0 Å². The van der Waals surface area contributed by atoms with Crippen LogP contribution >= 0.6 is 0 Å². The number of H-pyrrole nitrogens is 1. The molecule has 2 fully saturated rings. The SMILES string of the molecule is COc1ccc(N2CCN(S(=O)(=O)c3ccc(N4CCOCC4)[nH+]c3)CC2)cc1. The molecule has 1 aromatic carbocycles. The van der Waals surface area contributed by atoms with Crippen molar-refractivity contribution >= 4 is 21.5 Å². The molecule has 1 aromatic heterocycles. The van der Waals surface area contributed by atoms with E-state index in [1.807, 2.05) is 30.3 Å². The number of ether oxygens (including phenoxy) is 2. The number of aromatic amines is 1. The van der Waals surface area contributed by atoms with E-state index in [1.165, 1.54) is 0 Å². The van der Waals surface area contributed by atoms with Crippen LogP contribution in [0.25, 0.3) is 0 Å². The summed E-state index contributed by atoms with van der Waals surface area (Å²) in [4.78, 5) is 7.79. The Balaban J connectivity index is 1.40. The van der Waals surface area contributed by atoms with Crippen molar-refractivity contribution in [2.45, 2.75) is 4.90 Å². The molecule has 0 bridgehead atoms. The van der Waals surface area contributed by atoms with Crippen molar-refractivity contribution in [3.8, 4) is 5.75 Å². The van der Waals surface area contributed by atoms with Crippen LogP contribution in [-0.2, 0) is 14.8 Å². The highest BCUT2D eigenvalue weighted by Gasteiger charge is 2.30. The monoisotopic (exact) mass is 419 g/mol. The third-order valence-corrected chi connectivity index (χ3v) is 7.33. The number of nitrogens with zero attached hydrogens (tertiary/aromatic N) is 3. The van der Waals surface area contributed by atoms with E-state index in [-0.39, 0.29) is 0 Å². The molecule has 0 amide bonds. The van der Waals surface area contributed by atoms with Crippen LogP contribution in [0.3, 0.4) is 0 Å². The lowest BCUT2D eigenvalue weighted by molar-refractivity contribution is -0.367. The highest BCUT2D eigenvalue weighted by Crippen LogP contribution is 2.23. The molecule has 2 aliphatic heterocycles. The van der Waals surface area contributed by atoms with E-state index >= 15 is 0 Å². The van der Waals surface area contributed by atoms with Gasteiger partial charge in [0.2, 0.25) is 10.0 Å². The zero-order valence-corrected chi connectivity index (χ0v) is 17.4. The molecule has 0 spiro atoms. The zero-order valence-electron chi connectivity index (χ0n) is 16.6. The summed E-state index contributed by atoms with van der Waals surface area (Å²) >= 11 is 0. The first-order valence-electron chi connectivity index (χ1n) is 9.81.